The zero-order chi connectivity index (χ0) is 16.2. The molecule has 22 heavy (non-hydrogen) atoms. The highest BCUT2D eigenvalue weighted by molar-refractivity contribution is 5.97. The molecular weight excluding hydrogens is 280 g/mol. The Morgan fingerprint density at radius 3 is 2.73 bits per heavy atom. The SMILES string of the molecule is CC(C)C1(C)CC1NC(=O)c1cn(C)c2c(cnn2C)c1=O. The Morgan fingerprint density at radius 1 is 1.45 bits per heavy atom. The number of pyridine rings is 1. The van der Waals surface area contributed by atoms with Crippen molar-refractivity contribution < 1.29 is 4.79 Å². The van der Waals surface area contributed by atoms with Gasteiger partial charge in [0.05, 0.1) is 11.6 Å². The number of carbonyl (C=O) groups excluding carboxylic acids is 1. The first-order valence-corrected chi connectivity index (χ1v) is 7.58. The van der Waals surface area contributed by atoms with Gasteiger partial charge in [0.15, 0.2) is 0 Å². The fourth-order valence-corrected chi connectivity index (χ4v) is 3.10. The van der Waals surface area contributed by atoms with Gasteiger partial charge >= 0.3 is 0 Å². The van der Waals surface area contributed by atoms with Gasteiger partial charge in [-0.05, 0) is 17.8 Å². The molecule has 2 heterocycles. The Hall–Kier alpha value is -2.11. The summed E-state index contributed by atoms with van der Waals surface area (Å²) in [5.41, 5.74) is 0.769. The lowest BCUT2D eigenvalue weighted by atomic mass is 9.94. The van der Waals surface area contributed by atoms with Crippen molar-refractivity contribution in [3.05, 3.63) is 28.2 Å². The van der Waals surface area contributed by atoms with Crippen LogP contribution >= 0.6 is 0 Å². The average molecular weight is 302 g/mol. The average Bonchev–Trinajstić information content (AvgIpc) is 2.92. The van der Waals surface area contributed by atoms with E-state index in [0.717, 1.165) is 6.42 Å². The van der Waals surface area contributed by atoms with Crippen molar-refractivity contribution in [1.29, 1.82) is 0 Å². The minimum atomic E-state index is -0.291. The molecule has 1 N–H and O–H groups in total. The quantitative estimate of drug-likeness (QED) is 0.932. The normalized spacial score (nSPS) is 24.0. The summed E-state index contributed by atoms with van der Waals surface area (Å²) >= 11 is 0. The third kappa shape index (κ3) is 2.05. The highest BCUT2D eigenvalue weighted by Gasteiger charge is 2.52. The summed E-state index contributed by atoms with van der Waals surface area (Å²) in [4.78, 5) is 25.0. The van der Waals surface area contributed by atoms with Crippen LogP contribution in [0.5, 0.6) is 0 Å². The largest absolute Gasteiger partial charge is 0.349 e. The number of nitrogens with zero attached hydrogens (tertiary/aromatic N) is 3. The van der Waals surface area contributed by atoms with E-state index in [4.69, 9.17) is 0 Å². The van der Waals surface area contributed by atoms with E-state index in [9.17, 15) is 9.59 Å². The first-order chi connectivity index (χ1) is 10.3. The molecule has 0 bridgehead atoms. The zero-order valence-electron chi connectivity index (χ0n) is 13.7. The number of amides is 1. The van der Waals surface area contributed by atoms with E-state index in [0.29, 0.717) is 17.0 Å². The molecule has 1 fully saturated rings. The van der Waals surface area contributed by atoms with Crippen molar-refractivity contribution in [2.75, 3.05) is 0 Å². The number of nitrogens with one attached hydrogen (secondary N) is 1. The smallest absolute Gasteiger partial charge is 0.257 e. The molecule has 3 rings (SSSR count). The topological polar surface area (TPSA) is 68.9 Å². The summed E-state index contributed by atoms with van der Waals surface area (Å²) in [5, 5.41) is 7.58. The molecule has 0 aromatic carbocycles. The molecule has 6 nitrogen and oxygen atoms in total. The van der Waals surface area contributed by atoms with Gasteiger partial charge in [0, 0.05) is 26.3 Å². The predicted molar refractivity (Wildman–Crippen MR) is 84.8 cm³/mol. The van der Waals surface area contributed by atoms with Crippen LogP contribution < -0.4 is 10.7 Å². The summed E-state index contributed by atoms with van der Waals surface area (Å²) in [7, 11) is 3.59. The van der Waals surface area contributed by atoms with E-state index in [2.05, 4.69) is 31.2 Å². The minimum Gasteiger partial charge on any atom is -0.349 e. The maximum absolute atomic E-state index is 12.5. The molecule has 118 valence electrons. The molecule has 0 aliphatic heterocycles. The van der Waals surface area contributed by atoms with Gasteiger partial charge in [-0.1, -0.05) is 20.8 Å². The molecule has 6 heteroatoms. The third-order valence-corrected chi connectivity index (χ3v) is 5.20. The van der Waals surface area contributed by atoms with Crippen LogP contribution in [0.25, 0.3) is 11.0 Å². The lowest BCUT2D eigenvalue weighted by Gasteiger charge is -2.16. The maximum atomic E-state index is 12.5. The van der Waals surface area contributed by atoms with E-state index in [1.807, 2.05) is 7.05 Å². The standard InChI is InChI=1S/C16H22N4O2/c1-9(2)16(3)6-12(16)18-14(22)11-8-19(4)15-10(13(11)21)7-17-20(15)5/h7-9,12H,6H2,1-5H3,(H,18,22). The number of carbonyl (C=O) groups is 1. The zero-order valence-corrected chi connectivity index (χ0v) is 13.7. The second kappa shape index (κ2) is 4.69. The number of aryl methyl sites for hydroxylation is 2. The number of hydrogen-bond donors (Lipinski definition) is 1. The highest BCUT2D eigenvalue weighted by atomic mass is 16.2. The van der Waals surface area contributed by atoms with Crippen molar-refractivity contribution in [2.45, 2.75) is 33.2 Å². The lowest BCUT2D eigenvalue weighted by Crippen LogP contribution is -2.34. The highest BCUT2D eigenvalue weighted by Crippen LogP contribution is 2.51. The molecule has 2 aromatic rings. The van der Waals surface area contributed by atoms with E-state index in [1.165, 1.54) is 6.20 Å². The van der Waals surface area contributed by atoms with Crippen LogP contribution in [0, 0.1) is 11.3 Å². The van der Waals surface area contributed by atoms with E-state index in [1.54, 1.807) is 22.5 Å². The van der Waals surface area contributed by atoms with Crippen molar-refractivity contribution in [3.63, 3.8) is 0 Å². The van der Waals surface area contributed by atoms with Crippen LogP contribution in [-0.4, -0.2) is 26.3 Å². The molecule has 2 unspecified atom stereocenters. The molecule has 2 atom stereocenters. The van der Waals surface area contributed by atoms with Gasteiger partial charge < -0.3 is 9.88 Å². The molecule has 1 aliphatic carbocycles. The van der Waals surface area contributed by atoms with E-state index in [-0.39, 0.29) is 28.4 Å². The van der Waals surface area contributed by atoms with Gasteiger partial charge in [0.2, 0.25) is 5.43 Å². The molecule has 0 saturated heterocycles. The monoisotopic (exact) mass is 302 g/mol. The van der Waals surface area contributed by atoms with Crippen molar-refractivity contribution in [1.82, 2.24) is 19.7 Å². The Labute approximate surface area is 129 Å². The molecule has 0 spiro atoms. The van der Waals surface area contributed by atoms with Crippen LogP contribution in [0.2, 0.25) is 0 Å². The number of rotatable bonds is 3. The van der Waals surface area contributed by atoms with E-state index < -0.39 is 0 Å². The van der Waals surface area contributed by atoms with E-state index >= 15 is 0 Å². The summed E-state index contributed by atoms with van der Waals surface area (Å²) in [6.07, 6.45) is 4.08. The Morgan fingerprint density at radius 2 is 2.14 bits per heavy atom. The molecule has 2 aromatic heterocycles. The van der Waals surface area contributed by atoms with Gasteiger partial charge in [-0.25, -0.2) is 0 Å². The Bertz CT molecular complexity index is 817. The lowest BCUT2D eigenvalue weighted by molar-refractivity contribution is 0.0941. The fourth-order valence-electron chi connectivity index (χ4n) is 3.10. The van der Waals surface area contributed by atoms with Crippen LogP contribution in [0.4, 0.5) is 0 Å². The third-order valence-electron chi connectivity index (χ3n) is 5.20. The first kappa shape index (κ1) is 14.8. The first-order valence-electron chi connectivity index (χ1n) is 7.58. The van der Waals surface area contributed by atoms with Gasteiger partial charge in [-0.2, -0.15) is 5.10 Å². The van der Waals surface area contributed by atoms with Crippen LogP contribution in [0.15, 0.2) is 17.2 Å². The van der Waals surface area contributed by atoms with Crippen molar-refractivity contribution in [3.8, 4) is 0 Å². The number of fused-ring (bicyclic) bond motifs is 1. The van der Waals surface area contributed by atoms with Crippen molar-refractivity contribution >= 4 is 16.9 Å². The second-order valence-corrected chi connectivity index (χ2v) is 6.88. The molecule has 0 radical (unpaired) electrons. The van der Waals surface area contributed by atoms with Crippen LogP contribution in [-0.2, 0) is 14.1 Å². The predicted octanol–water partition coefficient (Wildman–Crippen LogP) is 1.44. The molecular formula is C16H22N4O2. The van der Waals surface area contributed by atoms with Crippen LogP contribution in [0.3, 0.4) is 0 Å². The minimum absolute atomic E-state index is 0.138. The van der Waals surface area contributed by atoms with Crippen LogP contribution in [0.1, 0.15) is 37.6 Å². The Kier molecular flexibility index (Phi) is 3.16. The summed E-state index contributed by atoms with van der Waals surface area (Å²) < 4.78 is 3.41. The number of hydrogen-bond acceptors (Lipinski definition) is 3. The number of aromatic nitrogens is 3. The van der Waals surface area contributed by atoms with Gasteiger partial charge in [0.1, 0.15) is 11.2 Å². The van der Waals surface area contributed by atoms with Crippen molar-refractivity contribution in [2.24, 2.45) is 25.4 Å². The summed E-state index contributed by atoms with van der Waals surface area (Å²) in [5.74, 6) is 0.210. The molecule has 1 amide bonds. The summed E-state index contributed by atoms with van der Waals surface area (Å²) in [6, 6.07) is 0.148. The van der Waals surface area contributed by atoms with Gasteiger partial charge in [0.25, 0.3) is 5.91 Å². The van der Waals surface area contributed by atoms with Gasteiger partial charge in [-0.15, -0.1) is 0 Å². The molecule has 1 aliphatic rings. The Balaban J connectivity index is 1.93. The van der Waals surface area contributed by atoms with Gasteiger partial charge in [-0.3, -0.25) is 14.3 Å². The fraction of sp³-hybridized carbons (Fsp3) is 0.562. The second-order valence-electron chi connectivity index (χ2n) is 6.88. The molecule has 1 saturated carbocycles. The maximum Gasteiger partial charge on any atom is 0.257 e. The summed E-state index contributed by atoms with van der Waals surface area (Å²) in [6.45, 7) is 6.49.